The predicted octanol–water partition coefficient (Wildman–Crippen LogP) is 7.06. The highest BCUT2D eigenvalue weighted by Gasteiger charge is 2.73. The molecule has 4 fully saturated rings. The minimum Gasteiger partial charge on any atom is -0.362 e. The Hall–Kier alpha value is -1.62. The second-order valence-electron chi connectivity index (χ2n) is 12.1. The van der Waals surface area contributed by atoms with Crippen molar-refractivity contribution in [2.75, 3.05) is 14.1 Å². The van der Waals surface area contributed by atoms with Crippen LogP contribution in [0.2, 0.25) is 10.0 Å². The molecule has 5 nitrogen and oxygen atoms in total. The first kappa shape index (κ1) is 26.4. The van der Waals surface area contributed by atoms with Crippen molar-refractivity contribution in [3.63, 3.8) is 0 Å². The van der Waals surface area contributed by atoms with E-state index in [0.717, 1.165) is 17.7 Å². The molecule has 4 saturated carbocycles. The van der Waals surface area contributed by atoms with Crippen LogP contribution < -0.4 is 5.32 Å². The van der Waals surface area contributed by atoms with Gasteiger partial charge >= 0.3 is 6.03 Å². The number of alkyl halides is 1. The molecular weight excluding hydrogens is 486 g/mol. The van der Waals surface area contributed by atoms with Crippen molar-refractivity contribution in [1.82, 2.24) is 10.2 Å². The molecule has 4 aliphatic rings. The molecule has 1 N–H and O–H groups in total. The standard InChI is InChI=1S/C27H37Cl2FN4O/c1-24(2)20-15-27(24,18-7-6-8-19(28)22(18)29)16-21(33-31)25(20,3)13-14-26(30)11-9-17(10-12-26)32-23(35)34(4)5/h6-8,17,20H,9-16H2,1-5H3,(H,32,35). The van der Waals surface area contributed by atoms with Crippen LogP contribution in [0.15, 0.2) is 18.2 Å². The maximum atomic E-state index is 15.9. The van der Waals surface area contributed by atoms with Gasteiger partial charge in [-0.05, 0) is 74.8 Å². The molecule has 0 aromatic heterocycles. The van der Waals surface area contributed by atoms with Gasteiger partial charge in [-0.1, -0.05) is 49.2 Å². The number of halogens is 3. The van der Waals surface area contributed by atoms with E-state index in [-0.39, 0.29) is 34.2 Å². The zero-order valence-electron chi connectivity index (χ0n) is 21.4. The lowest BCUT2D eigenvalue weighted by molar-refractivity contribution is -0.155. The van der Waals surface area contributed by atoms with Crippen molar-refractivity contribution in [1.29, 1.82) is 0 Å². The summed E-state index contributed by atoms with van der Waals surface area (Å²) < 4.78 is 15.9. The van der Waals surface area contributed by atoms with Crippen LogP contribution in [0.1, 0.15) is 77.7 Å². The monoisotopic (exact) mass is 522 g/mol. The number of hydrogen-bond donors (Lipinski definition) is 1. The number of fused-ring (bicyclic) bond motifs is 2. The normalized spacial score (nSPS) is 35.6. The zero-order chi connectivity index (χ0) is 25.8. The largest absolute Gasteiger partial charge is 0.362 e. The molecule has 3 unspecified atom stereocenters. The van der Waals surface area contributed by atoms with Gasteiger partial charge in [0.1, 0.15) is 5.67 Å². The minimum atomic E-state index is -1.26. The number of nitrogens with zero attached hydrogens (tertiary/aromatic N) is 3. The van der Waals surface area contributed by atoms with Gasteiger partial charge in [-0.2, -0.15) is 4.79 Å². The molecule has 1 aromatic rings. The van der Waals surface area contributed by atoms with E-state index in [9.17, 15) is 10.3 Å². The SMILES string of the molecule is CN(C)C(=O)NC1CCC(F)(CCC2(C)C(=[N+]=[N-])CC3(c4cccc(Cl)c4Cl)CC2C3(C)C)CC1. The van der Waals surface area contributed by atoms with Crippen molar-refractivity contribution in [2.24, 2.45) is 16.7 Å². The Morgan fingerprint density at radius 3 is 2.43 bits per heavy atom. The lowest BCUT2D eigenvalue weighted by atomic mass is 9.32. The van der Waals surface area contributed by atoms with Gasteiger partial charge in [-0.25, -0.2) is 9.18 Å². The van der Waals surface area contributed by atoms with Gasteiger partial charge < -0.3 is 15.7 Å². The summed E-state index contributed by atoms with van der Waals surface area (Å²) in [5.41, 5.74) is 9.81. The summed E-state index contributed by atoms with van der Waals surface area (Å²) in [7, 11) is 3.42. The van der Waals surface area contributed by atoms with Crippen molar-refractivity contribution in [2.45, 2.75) is 89.3 Å². The molecule has 2 bridgehead atoms. The average Bonchev–Trinajstić information content (AvgIpc) is 2.81. The molecule has 1 aromatic carbocycles. The van der Waals surface area contributed by atoms with Gasteiger partial charge in [0.25, 0.3) is 5.71 Å². The average molecular weight is 524 g/mol. The third-order valence-corrected chi connectivity index (χ3v) is 10.7. The Kier molecular flexibility index (Phi) is 6.83. The third-order valence-electron chi connectivity index (χ3n) is 9.85. The molecule has 2 amide bonds. The van der Waals surface area contributed by atoms with E-state index in [1.807, 2.05) is 12.1 Å². The van der Waals surface area contributed by atoms with Crippen LogP contribution in [-0.2, 0) is 5.41 Å². The van der Waals surface area contributed by atoms with E-state index in [0.29, 0.717) is 55.0 Å². The van der Waals surface area contributed by atoms with Crippen LogP contribution in [0, 0.1) is 16.7 Å². The molecule has 35 heavy (non-hydrogen) atoms. The fourth-order valence-electron chi connectivity index (χ4n) is 7.29. The first-order valence-electron chi connectivity index (χ1n) is 12.6. The van der Waals surface area contributed by atoms with Crippen molar-refractivity contribution in [3.8, 4) is 0 Å². The molecule has 0 saturated heterocycles. The Morgan fingerprint density at radius 2 is 1.86 bits per heavy atom. The fraction of sp³-hybridized carbons (Fsp3) is 0.704. The minimum absolute atomic E-state index is 0.0160. The van der Waals surface area contributed by atoms with Crippen LogP contribution in [-0.4, -0.2) is 47.2 Å². The summed E-state index contributed by atoms with van der Waals surface area (Å²) in [5, 5.41) is 4.09. The molecule has 5 rings (SSSR count). The predicted molar refractivity (Wildman–Crippen MR) is 139 cm³/mol. The maximum Gasteiger partial charge on any atom is 0.317 e. The van der Waals surface area contributed by atoms with Crippen molar-refractivity contribution >= 4 is 34.9 Å². The molecule has 0 heterocycles. The Bertz CT molecular complexity index is 1060. The molecular formula is C27H37Cl2FN4O. The molecule has 3 atom stereocenters. The van der Waals surface area contributed by atoms with E-state index < -0.39 is 5.67 Å². The Balaban J connectivity index is 1.49. The van der Waals surface area contributed by atoms with Crippen LogP contribution in [0.25, 0.3) is 5.53 Å². The highest BCUT2D eigenvalue weighted by atomic mass is 35.5. The Labute approximate surface area is 218 Å². The molecule has 0 radical (unpaired) electrons. The van der Waals surface area contributed by atoms with E-state index in [1.54, 1.807) is 20.2 Å². The summed E-state index contributed by atoms with van der Waals surface area (Å²) in [4.78, 5) is 17.2. The van der Waals surface area contributed by atoms with Gasteiger partial charge in [0.15, 0.2) is 0 Å². The lowest BCUT2D eigenvalue weighted by Crippen LogP contribution is -2.70. The summed E-state index contributed by atoms with van der Waals surface area (Å²) in [6, 6.07) is 5.64. The van der Waals surface area contributed by atoms with Gasteiger partial charge in [0.2, 0.25) is 0 Å². The number of urea groups is 1. The first-order chi connectivity index (χ1) is 16.3. The van der Waals surface area contributed by atoms with Gasteiger partial charge in [-0.3, -0.25) is 0 Å². The summed E-state index contributed by atoms with van der Waals surface area (Å²) in [6.07, 6.45) is 4.69. The molecule has 0 aliphatic heterocycles. The highest BCUT2D eigenvalue weighted by molar-refractivity contribution is 6.42. The molecule has 4 aliphatic carbocycles. The maximum absolute atomic E-state index is 15.9. The van der Waals surface area contributed by atoms with Crippen LogP contribution in [0.5, 0.6) is 0 Å². The molecule has 0 spiro atoms. The number of benzene rings is 1. The third kappa shape index (κ3) is 4.20. The van der Waals surface area contributed by atoms with E-state index >= 15 is 4.39 Å². The smallest absolute Gasteiger partial charge is 0.317 e. The summed E-state index contributed by atoms with van der Waals surface area (Å²) in [5.74, 6) is 0.240. The molecule has 8 heteroatoms. The number of rotatable bonds is 5. The van der Waals surface area contributed by atoms with E-state index in [2.05, 4.69) is 30.9 Å². The van der Waals surface area contributed by atoms with Crippen LogP contribution in [0.4, 0.5) is 9.18 Å². The number of hydrogen-bond acceptors (Lipinski definition) is 1. The number of carbonyl (C=O) groups excluding carboxylic acids is 1. The second-order valence-corrected chi connectivity index (χ2v) is 12.9. The lowest BCUT2D eigenvalue weighted by Gasteiger charge is -2.69. The van der Waals surface area contributed by atoms with E-state index in [1.165, 1.54) is 4.90 Å². The number of nitrogens with one attached hydrogen (secondary N) is 1. The topological polar surface area (TPSA) is 68.7 Å². The van der Waals surface area contributed by atoms with Crippen molar-refractivity contribution < 1.29 is 14.0 Å². The van der Waals surface area contributed by atoms with Crippen molar-refractivity contribution in [3.05, 3.63) is 39.3 Å². The Morgan fingerprint density at radius 1 is 1.20 bits per heavy atom. The van der Waals surface area contributed by atoms with Gasteiger partial charge in [0.05, 0.1) is 21.9 Å². The van der Waals surface area contributed by atoms with Gasteiger partial charge in [-0.15, -0.1) is 0 Å². The zero-order valence-corrected chi connectivity index (χ0v) is 22.9. The number of carbonyl (C=O) groups is 1. The first-order valence-corrected chi connectivity index (χ1v) is 13.4. The summed E-state index contributed by atoms with van der Waals surface area (Å²) in [6.45, 7) is 6.66. The number of amides is 2. The highest BCUT2D eigenvalue weighted by Crippen LogP contribution is 2.73. The quantitative estimate of drug-likeness (QED) is 0.326. The van der Waals surface area contributed by atoms with Crippen LogP contribution >= 0.6 is 23.2 Å². The van der Waals surface area contributed by atoms with Gasteiger partial charge in [0, 0.05) is 25.6 Å². The van der Waals surface area contributed by atoms with Crippen LogP contribution in [0.3, 0.4) is 0 Å². The molecule has 192 valence electrons. The summed E-state index contributed by atoms with van der Waals surface area (Å²) >= 11 is 13.0. The second kappa shape index (κ2) is 9.04. The fourth-order valence-corrected chi connectivity index (χ4v) is 7.77. The van der Waals surface area contributed by atoms with E-state index in [4.69, 9.17) is 23.2 Å².